The molecule has 3 nitrogen and oxygen atoms in total. The van der Waals surface area contributed by atoms with Gasteiger partial charge in [0.15, 0.2) is 0 Å². The maximum Gasteiger partial charge on any atom is 0.0600 e. The minimum atomic E-state index is -0.412. The number of rotatable bonds is 5. The Balaban J connectivity index is 3.77. The van der Waals surface area contributed by atoms with E-state index in [2.05, 4.69) is 6.92 Å². The molecule has 0 fully saturated rings. The SMILES string of the molecule is CCCCC(C)(N)C(N)CO. The van der Waals surface area contributed by atoms with Gasteiger partial charge in [-0.15, -0.1) is 0 Å². The van der Waals surface area contributed by atoms with E-state index in [9.17, 15) is 0 Å². The Morgan fingerprint density at radius 1 is 1.55 bits per heavy atom. The van der Waals surface area contributed by atoms with E-state index in [0.717, 1.165) is 19.3 Å². The van der Waals surface area contributed by atoms with Gasteiger partial charge in [0.05, 0.1) is 6.61 Å². The summed E-state index contributed by atoms with van der Waals surface area (Å²) >= 11 is 0. The summed E-state index contributed by atoms with van der Waals surface area (Å²) in [6.07, 6.45) is 3.07. The Labute approximate surface area is 68.8 Å². The molecule has 0 heterocycles. The topological polar surface area (TPSA) is 72.3 Å². The quantitative estimate of drug-likeness (QED) is 0.538. The van der Waals surface area contributed by atoms with E-state index in [1.165, 1.54) is 0 Å². The molecule has 0 saturated carbocycles. The van der Waals surface area contributed by atoms with Gasteiger partial charge in [0.2, 0.25) is 0 Å². The summed E-state index contributed by atoms with van der Waals surface area (Å²) in [5, 5.41) is 8.76. The third kappa shape index (κ3) is 3.70. The summed E-state index contributed by atoms with van der Waals surface area (Å²) in [5.41, 5.74) is 11.1. The summed E-state index contributed by atoms with van der Waals surface area (Å²) in [6, 6.07) is -0.297. The Morgan fingerprint density at radius 2 is 2.09 bits per heavy atom. The number of unbranched alkanes of at least 4 members (excludes halogenated alkanes) is 1. The van der Waals surface area contributed by atoms with Gasteiger partial charge in [0.25, 0.3) is 0 Å². The molecule has 2 unspecified atom stereocenters. The van der Waals surface area contributed by atoms with Gasteiger partial charge in [-0.25, -0.2) is 0 Å². The summed E-state index contributed by atoms with van der Waals surface area (Å²) in [6.45, 7) is 3.97. The molecule has 0 aromatic rings. The molecule has 0 aliphatic carbocycles. The Bertz CT molecular complexity index is 104. The van der Waals surface area contributed by atoms with Crippen molar-refractivity contribution in [1.82, 2.24) is 0 Å². The highest BCUT2D eigenvalue weighted by Crippen LogP contribution is 2.13. The number of hydrogen-bond acceptors (Lipinski definition) is 3. The van der Waals surface area contributed by atoms with Crippen LogP contribution in [0.5, 0.6) is 0 Å². The molecule has 0 radical (unpaired) electrons. The van der Waals surface area contributed by atoms with Crippen molar-refractivity contribution in [3.05, 3.63) is 0 Å². The van der Waals surface area contributed by atoms with Gasteiger partial charge >= 0.3 is 0 Å². The Kier molecular flexibility index (Phi) is 4.65. The Morgan fingerprint density at radius 3 is 2.45 bits per heavy atom. The van der Waals surface area contributed by atoms with Crippen molar-refractivity contribution in [3.63, 3.8) is 0 Å². The smallest absolute Gasteiger partial charge is 0.0600 e. The molecule has 2 atom stereocenters. The lowest BCUT2D eigenvalue weighted by atomic mass is 9.89. The van der Waals surface area contributed by atoms with Gasteiger partial charge in [0.1, 0.15) is 0 Å². The highest BCUT2D eigenvalue weighted by atomic mass is 16.3. The van der Waals surface area contributed by atoms with E-state index in [1.54, 1.807) is 0 Å². The lowest BCUT2D eigenvalue weighted by Crippen LogP contribution is -2.54. The third-order valence-electron chi connectivity index (χ3n) is 2.11. The first-order valence-electron chi connectivity index (χ1n) is 4.20. The van der Waals surface area contributed by atoms with Crippen LogP contribution in [0.3, 0.4) is 0 Å². The summed E-state index contributed by atoms with van der Waals surface area (Å²) in [4.78, 5) is 0. The van der Waals surface area contributed by atoms with Crippen LogP contribution in [0.2, 0.25) is 0 Å². The van der Waals surface area contributed by atoms with E-state index < -0.39 is 5.54 Å². The maximum absolute atomic E-state index is 8.76. The van der Waals surface area contributed by atoms with Crippen LogP contribution in [0, 0.1) is 0 Å². The summed E-state index contributed by atoms with van der Waals surface area (Å²) < 4.78 is 0. The first-order valence-corrected chi connectivity index (χ1v) is 4.20. The van der Waals surface area contributed by atoms with Crippen molar-refractivity contribution in [2.75, 3.05) is 6.61 Å². The van der Waals surface area contributed by atoms with Crippen molar-refractivity contribution in [2.45, 2.75) is 44.7 Å². The fourth-order valence-corrected chi connectivity index (χ4v) is 0.952. The Hall–Kier alpha value is -0.120. The highest BCUT2D eigenvalue weighted by molar-refractivity contribution is 4.89. The van der Waals surface area contributed by atoms with Crippen LogP contribution < -0.4 is 11.5 Å². The largest absolute Gasteiger partial charge is 0.395 e. The predicted molar refractivity (Wildman–Crippen MR) is 47.2 cm³/mol. The van der Waals surface area contributed by atoms with Crippen LogP contribution in [0.25, 0.3) is 0 Å². The van der Waals surface area contributed by atoms with Crippen LogP contribution >= 0.6 is 0 Å². The monoisotopic (exact) mass is 160 g/mol. The molecule has 0 aliphatic heterocycles. The van der Waals surface area contributed by atoms with Crippen molar-refractivity contribution in [3.8, 4) is 0 Å². The summed E-state index contributed by atoms with van der Waals surface area (Å²) in [7, 11) is 0. The van der Waals surface area contributed by atoms with Crippen molar-refractivity contribution < 1.29 is 5.11 Å². The fourth-order valence-electron chi connectivity index (χ4n) is 0.952. The van der Waals surface area contributed by atoms with Crippen molar-refractivity contribution >= 4 is 0 Å². The summed E-state index contributed by atoms with van der Waals surface area (Å²) in [5.74, 6) is 0. The van der Waals surface area contributed by atoms with E-state index in [0.29, 0.717) is 0 Å². The second kappa shape index (κ2) is 4.70. The van der Waals surface area contributed by atoms with Crippen LogP contribution in [0.4, 0.5) is 0 Å². The van der Waals surface area contributed by atoms with E-state index in [4.69, 9.17) is 16.6 Å². The molecule has 3 heteroatoms. The molecule has 0 rings (SSSR count). The lowest BCUT2D eigenvalue weighted by Gasteiger charge is -2.29. The fraction of sp³-hybridized carbons (Fsp3) is 1.00. The van der Waals surface area contributed by atoms with Crippen LogP contribution in [0.1, 0.15) is 33.1 Å². The number of nitrogens with two attached hydrogens (primary N) is 2. The van der Waals surface area contributed by atoms with Gasteiger partial charge < -0.3 is 16.6 Å². The molecule has 0 saturated heterocycles. The van der Waals surface area contributed by atoms with Crippen molar-refractivity contribution in [1.29, 1.82) is 0 Å². The molecule has 0 aliphatic rings. The second-order valence-electron chi connectivity index (χ2n) is 3.40. The number of aliphatic hydroxyl groups is 1. The van der Waals surface area contributed by atoms with Gasteiger partial charge in [-0.1, -0.05) is 19.8 Å². The first-order chi connectivity index (χ1) is 5.04. The molecule has 0 bridgehead atoms. The van der Waals surface area contributed by atoms with Crippen LogP contribution in [0.15, 0.2) is 0 Å². The van der Waals surface area contributed by atoms with Crippen molar-refractivity contribution in [2.24, 2.45) is 11.5 Å². The zero-order valence-corrected chi connectivity index (χ0v) is 7.51. The predicted octanol–water partition coefficient (Wildman–Crippen LogP) is 0.214. The lowest BCUT2D eigenvalue weighted by molar-refractivity contribution is 0.205. The maximum atomic E-state index is 8.76. The standard InChI is InChI=1S/C8H20N2O/c1-3-4-5-8(2,10)7(9)6-11/h7,11H,3-6,9-10H2,1-2H3. The van der Waals surface area contributed by atoms with E-state index in [1.807, 2.05) is 6.92 Å². The molecule has 5 N–H and O–H groups in total. The van der Waals surface area contributed by atoms with Crippen LogP contribution in [-0.2, 0) is 0 Å². The second-order valence-corrected chi connectivity index (χ2v) is 3.40. The normalized spacial score (nSPS) is 19.4. The molecule has 68 valence electrons. The minimum Gasteiger partial charge on any atom is -0.395 e. The van der Waals surface area contributed by atoms with E-state index in [-0.39, 0.29) is 12.6 Å². The van der Waals surface area contributed by atoms with E-state index >= 15 is 0 Å². The molecule has 0 aromatic carbocycles. The molecule has 11 heavy (non-hydrogen) atoms. The molecular formula is C8H20N2O. The molecule has 0 aromatic heterocycles. The number of hydrogen-bond donors (Lipinski definition) is 3. The zero-order chi connectivity index (χ0) is 8.91. The zero-order valence-electron chi connectivity index (χ0n) is 7.51. The molecule has 0 spiro atoms. The highest BCUT2D eigenvalue weighted by Gasteiger charge is 2.25. The third-order valence-corrected chi connectivity index (χ3v) is 2.11. The van der Waals surface area contributed by atoms with Gasteiger partial charge in [-0.2, -0.15) is 0 Å². The average Bonchev–Trinajstić information content (AvgIpc) is 1.99. The molecule has 0 amide bonds. The van der Waals surface area contributed by atoms with Gasteiger partial charge in [0, 0.05) is 11.6 Å². The average molecular weight is 160 g/mol. The van der Waals surface area contributed by atoms with Crippen LogP contribution in [-0.4, -0.2) is 23.3 Å². The minimum absolute atomic E-state index is 0.0310. The van der Waals surface area contributed by atoms with Gasteiger partial charge in [-0.05, 0) is 13.3 Å². The van der Waals surface area contributed by atoms with Gasteiger partial charge in [-0.3, -0.25) is 0 Å². The molecular weight excluding hydrogens is 140 g/mol. The number of aliphatic hydroxyl groups excluding tert-OH is 1. The first kappa shape index (κ1) is 10.9.